The number of rotatable bonds is 18. The molecule has 0 fully saturated rings. The van der Waals surface area contributed by atoms with Crippen LogP contribution in [0.15, 0.2) is 132 Å². The lowest BCUT2D eigenvalue weighted by molar-refractivity contribution is -0.134. The minimum absolute atomic E-state index is 0.0506. The van der Waals surface area contributed by atoms with E-state index in [0.29, 0.717) is 6.42 Å². The van der Waals surface area contributed by atoms with E-state index in [1.807, 2.05) is 127 Å². The molecule has 5 amide bonds. The predicted octanol–water partition coefficient (Wildman–Crippen LogP) is 3.67. The van der Waals surface area contributed by atoms with E-state index in [1.54, 1.807) is 0 Å². The summed E-state index contributed by atoms with van der Waals surface area (Å²) in [5, 5.41) is 17.1. The molecule has 0 unspecified atom stereocenters. The van der Waals surface area contributed by atoms with Gasteiger partial charge in [-0.05, 0) is 61.8 Å². The molecule has 13 heteroatoms. The number of amides is 5. The number of hydrogen-bond acceptors (Lipinski definition) is 6. The SMILES string of the molecule is CC(=O)N[C@H](Cc1ccc2ccccc2c1)C(=O)N[C@@H](CCCN=C(N)N)C(=O)N[C@@H](Cc1ccc2ccccc2c1)C(=O)N[C@H](Cc1ccc2ccccc2c1)C(N)=O. The van der Waals surface area contributed by atoms with Gasteiger partial charge in [-0.2, -0.15) is 0 Å². The fourth-order valence-electron chi connectivity index (χ4n) is 7.28. The highest BCUT2D eigenvalue weighted by atomic mass is 16.2. The average molecular weight is 807 g/mol. The number of nitrogens with two attached hydrogens (primary N) is 3. The fourth-order valence-corrected chi connectivity index (χ4v) is 7.28. The van der Waals surface area contributed by atoms with Crippen molar-refractivity contribution in [2.75, 3.05) is 6.54 Å². The Bertz CT molecular complexity index is 2550. The second kappa shape index (κ2) is 19.9. The zero-order valence-corrected chi connectivity index (χ0v) is 33.4. The van der Waals surface area contributed by atoms with Crippen molar-refractivity contribution >= 4 is 67.8 Å². The first-order valence-electron chi connectivity index (χ1n) is 19.9. The highest BCUT2D eigenvalue weighted by molar-refractivity contribution is 5.96. The Hall–Kier alpha value is -7.28. The fraction of sp³-hybridized carbons (Fsp3) is 0.234. The van der Waals surface area contributed by atoms with Crippen LogP contribution in [0.1, 0.15) is 36.5 Å². The summed E-state index contributed by atoms with van der Waals surface area (Å²) >= 11 is 0. The Balaban J connectivity index is 1.25. The van der Waals surface area contributed by atoms with Gasteiger partial charge in [-0.25, -0.2) is 0 Å². The highest BCUT2D eigenvalue weighted by Gasteiger charge is 2.31. The number of carbonyl (C=O) groups is 5. The third-order valence-electron chi connectivity index (χ3n) is 10.3. The zero-order valence-electron chi connectivity index (χ0n) is 33.4. The number of nitrogens with one attached hydrogen (secondary N) is 4. The largest absolute Gasteiger partial charge is 0.370 e. The third-order valence-corrected chi connectivity index (χ3v) is 10.3. The number of guanidine groups is 1. The number of benzene rings is 6. The molecule has 0 heterocycles. The quantitative estimate of drug-likeness (QED) is 0.0388. The summed E-state index contributed by atoms with van der Waals surface area (Å²) < 4.78 is 0. The average Bonchev–Trinajstić information content (AvgIpc) is 3.23. The second-order valence-electron chi connectivity index (χ2n) is 14.9. The first kappa shape index (κ1) is 42.3. The second-order valence-corrected chi connectivity index (χ2v) is 14.9. The van der Waals surface area contributed by atoms with Crippen LogP contribution in [-0.2, 0) is 43.2 Å². The highest BCUT2D eigenvalue weighted by Crippen LogP contribution is 2.20. The Morgan fingerprint density at radius 2 is 0.850 bits per heavy atom. The summed E-state index contributed by atoms with van der Waals surface area (Å²) in [6.45, 7) is 1.49. The molecule has 6 aromatic carbocycles. The molecule has 0 saturated heterocycles. The lowest BCUT2D eigenvalue weighted by atomic mass is 9.98. The molecule has 60 heavy (non-hydrogen) atoms. The van der Waals surface area contributed by atoms with E-state index in [0.717, 1.165) is 49.0 Å². The van der Waals surface area contributed by atoms with E-state index in [1.165, 1.54) is 6.92 Å². The van der Waals surface area contributed by atoms with Gasteiger partial charge in [0.2, 0.25) is 29.5 Å². The van der Waals surface area contributed by atoms with E-state index in [2.05, 4.69) is 26.3 Å². The molecule has 10 N–H and O–H groups in total. The van der Waals surface area contributed by atoms with Crippen LogP contribution in [0.2, 0.25) is 0 Å². The van der Waals surface area contributed by atoms with Gasteiger partial charge in [-0.15, -0.1) is 0 Å². The number of nitrogens with zero attached hydrogens (tertiary/aromatic N) is 1. The first-order valence-corrected chi connectivity index (χ1v) is 19.9. The van der Waals surface area contributed by atoms with Crippen LogP contribution < -0.4 is 38.5 Å². The number of carbonyl (C=O) groups excluding carboxylic acids is 5. The van der Waals surface area contributed by atoms with Crippen molar-refractivity contribution in [3.05, 3.63) is 144 Å². The number of aliphatic imine (C=N–C) groups is 1. The number of fused-ring (bicyclic) bond motifs is 3. The van der Waals surface area contributed by atoms with Crippen molar-refractivity contribution in [3.63, 3.8) is 0 Å². The predicted molar refractivity (Wildman–Crippen MR) is 235 cm³/mol. The number of hydrogen-bond donors (Lipinski definition) is 7. The van der Waals surface area contributed by atoms with Crippen LogP contribution in [0.5, 0.6) is 0 Å². The van der Waals surface area contributed by atoms with Gasteiger partial charge in [0.05, 0.1) is 0 Å². The van der Waals surface area contributed by atoms with E-state index in [-0.39, 0.29) is 38.2 Å². The molecule has 0 aliphatic heterocycles. The topological polar surface area (TPSA) is 224 Å². The molecule has 13 nitrogen and oxygen atoms in total. The molecule has 6 aromatic rings. The molecule has 0 spiro atoms. The molecular formula is C47H50N8O5. The third kappa shape index (κ3) is 11.7. The van der Waals surface area contributed by atoms with Crippen LogP contribution in [-0.4, -0.2) is 66.2 Å². The van der Waals surface area contributed by atoms with Crippen molar-refractivity contribution in [3.8, 4) is 0 Å². The van der Waals surface area contributed by atoms with E-state index in [4.69, 9.17) is 17.2 Å². The van der Waals surface area contributed by atoms with E-state index >= 15 is 0 Å². The minimum Gasteiger partial charge on any atom is -0.370 e. The summed E-state index contributed by atoms with van der Waals surface area (Å²) in [5.74, 6) is -3.19. The molecule has 0 aliphatic rings. The van der Waals surface area contributed by atoms with Crippen LogP contribution in [0, 0.1) is 0 Å². The zero-order chi connectivity index (χ0) is 42.6. The van der Waals surface area contributed by atoms with Crippen molar-refractivity contribution in [2.24, 2.45) is 22.2 Å². The van der Waals surface area contributed by atoms with Crippen LogP contribution in [0.25, 0.3) is 32.3 Å². The van der Waals surface area contributed by atoms with Gasteiger partial charge in [-0.1, -0.05) is 127 Å². The summed E-state index contributed by atoms with van der Waals surface area (Å²) in [7, 11) is 0. The molecule has 0 radical (unpaired) electrons. The summed E-state index contributed by atoms with van der Waals surface area (Å²) in [6, 6.07) is 36.1. The molecule has 4 atom stereocenters. The standard InChI is InChI=1S/C47H50N8O5/c1-29(56)52-41(27-31-17-20-34-10-3-6-13-37(34)24-31)45(59)53-39(15-8-22-51-47(49)50)44(58)55-42(28-32-18-21-35-11-4-7-14-38(35)25-32)46(60)54-40(43(48)57)26-30-16-19-33-9-2-5-12-36(33)23-30/h2-7,9-14,16-21,23-25,39-42H,8,15,22,26-28H2,1H3,(H2,48,57)(H,52,56)(H,53,59)(H,54,60)(H,55,58)(H4,49,50,51)/t39-,40+,41+,42-/m0/s1. The van der Waals surface area contributed by atoms with Gasteiger partial charge in [-0.3, -0.25) is 29.0 Å². The maximum atomic E-state index is 14.3. The van der Waals surface area contributed by atoms with Gasteiger partial charge in [0.15, 0.2) is 5.96 Å². The van der Waals surface area contributed by atoms with Gasteiger partial charge in [0, 0.05) is 32.7 Å². The van der Waals surface area contributed by atoms with Gasteiger partial charge < -0.3 is 38.5 Å². The first-order chi connectivity index (χ1) is 28.9. The monoisotopic (exact) mass is 806 g/mol. The summed E-state index contributed by atoms with van der Waals surface area (Å²) in [6.07, 6.45) is 0.705. The lowest BCUT2D eigenvalue weighted by Crippen LogP contribution is -2.59. The Morgan fingerprint density at radius 3 is 1.27 bits per heavy atom. The Kier molecular flexibility index (Phi) is 14.1. The maximum Gasteiger partial charge on any atom is 0.243 e. The van der Waals surface area contributed by atoms with Crippen LogP contribution in [0.4, 0.5) is 0 Å². The maximum absolute atomic E-state index is 14.3. The number of primary amides is 1. The lowest BCUT2D eigenvalue weighted by Gasteiger charge is -2.26. The van der Waals surface area contributed by atoms with Crippen molar-refractivity contribution in [1.82, 2.24) is 21.3 Å². The molecule has 0 aliphatic carbocycles. The van der Waals surface area contributed by atoms with Gasteiger partial charge >= 0.3 is 0 Å². The molecule has 0 bridgehead atoms. The van der Waals surface area contributed by atoms with Crippen LogP contribution >= 0.6 is 0 Å². The Morgan fingerprint density at radius 1 is 0.483 bits per heavy atom. The van der Waals surface area contributed by atoms with E-state index < -0.39 is 53.7 Å². The molecule has 308 valence electrons. The van der Waals surface area contributed by atoms with Gasteiger partial charge in [0.25, 0.3) is 0 Å². The molecular weight excluding hydrogens is 757 g/mol. The van der Waals surface area contributed by atoms with Crippen molar-refractivity contribution in [2.45, 2.75) is 63.2 Å². The molecule has 0 aromatic heterocycles. The van der Waals surface area contributed by atoms with Crippen molar-refractivity contribution in [1.29, 1.82) is 0 Å². The van der Waals surface area contributed by atoms with Gasteiger partial charge in [0.1, 0.15) is 24.2 Å². The summed E-state index contributed by atoms with van der Waals surface area (Å²) in [4.78, 5) is 71.8. The Labute approximate surface area is 348 Å². The minimum atomic E-state index is -1.20. The van der Waals surface area contributed by atoms with Crippen LogP contribution in [0.3, 0.4) is 0 Å². The molecule has 6 rings (SSSR count). The molecule has 0 saturated carbocycles. The van der Waals surface area contributed by atoms with Crippen molar-refractivity contribution < 1.29 is 24.0 Å². The summed E-state index contributed by atoms with van der Waals surface area (Å²) in [5.41, 5.74) is 19.3. The smallest absolute Gasteiger partial charge is 0.243 e. The van der Waals surface area contributed by atoms with E-state index in [9.17, 15) is 24.0 Å². The normalized spacial score (nSPS) is 13.1.